The van der Waals surface area contributed by atoms with Gasteiger partial charge in [-0.25, -0.2) is 0 Å². The molecule has 0 heterocycles. The maximum atomic E-state index is 5.12. The molecule has 1 radical (unpaired) electrons. The third-order valence-corrected chi connectivity index (χ3v) is 0.401. The quantitative estimate of drug-likeness (QED) is 0.339. The van der Waals surface area contributed by atoms with Crippen molar-refractivity contribution in [2.75, 3.05) is 5.88 Å². The Balaban J connectivity index is 0. The molecule has 0 aliphatic rings. The second kappa shape index (κ2) is 8.99. The first-order valence-corrected chi connectivity index (χ1v) is 1.80. The molecule has 0 aliphatic heterocycles. The molecule has 0 saturated carbocycles. The van der Waals surface area contributed by atoms with Gasteiger partial charge in [-0.1, -0.05) is 6.92 Å². The van der Waals surface area contributed by atoms with Gasteiger partial charge in [-0.05, 0) is 6.42 Å². The van der Waals surface area contributed by atoms with Gasteiger partial charge in [0.05, 0.1) is 0 Å². The Hall–Kier alpha value is 1.29. The summed E-state index contributed by atoms with van der Waals surface area (Å²) in [6.07, 6.45) is 0.835. The molecule has 5 heavy (non-hydrogen) atoms. The van der Waals surface area contributed by atoms with Gasteiger partial charge in [0.2, 0.25) is 0 Å². The van der Waals surface area contributed by atoms with Crippen LogP contribution in [0.25, 0.3) is 0 Å². The van der Waals surface area contributed by atoms with E-state index in [9.17, 15) is 0 Å². The number of halogens is 1. The Kier molecular flexibility index (Phi) is 17.2. The summed E-state index contributed by atoms with van der Waals surface area (Å²) in [5.41, 5.74) is 0. The normalized spacial score (nSPS) is 6.00. The molecular weight excluding hydrogens is 94.5 g/mol. The molecule has 0 aromatic carbocycles. The molecule has 0 saturated heterocycles. The molecule has 0 unspecified atom stereocenters. The van der Waals surface area contributed by atoms with E-state index in [0.29, 0.717) is 5.88 Å². The Labute approximate surface area is 60.2 Å². The Morgan fingerprint density at radius 2 is 1.80 bits per heavy atom. The SMILES string of the molecule is [CH2]CCCl.[NaH]. The van der Waals surface area contributed by atoms with E-state index in [2.05, 4.69) is 6.92 Å². The van der Waals surface area contributed by atoms with Crippen molar-refractivity contribution in [1.29, 1.82) is 0 Å². The molecular formula is C3H7ClNa. The minimum atomic E-state index is 0. The molecule has 0 N–H and O–H groups in total. The first-order chi connectivity index (χ1) is 1.91. The third kappa shape index (κ3) is 10.9. The fourth-order valence-electron chi connectivity index (χ4n) is 0. The van der Waals surface area contributed by atoms with Gasteiger partial charge in [0.15, 0.2) is 0 Å². The molecule has 0 nitrogen and oxygen atoms in total. The Morgan fingerprint density at radius 1 is 1.60 bits per heavy atom. The molecule has 27 valence electrons. The van der Waals surface area contributed by atoms with Crippen molar-refractivity contribution >= 4 is 41.2 Å². The van der Waals surface area contributed by atoms with E-state index in [1.807, 2.05) is 0 Å². The summed E-state index contributed by atoms with van der Waals surface area (Å²) in [5, 5.41) is 0. The maximum absolute atomic E-state index is 5.12. The molecule has 0 atom stereocenters. The van der Waals surface area contributed by atoms with Crippen molar-refractivity contribution in [2.45, 2.75) is 6.42 Å². The van der Waals surface area contributed by atoms with Gasteiger partial charge >= 0.3 is 29.6 Å². The van der Waals surface area contributed by atoms with Crippen LogP contribution in [0.4, 0.5) is 0 Å². The zero-order valence-electron chi connectivity index (χ0n) is 2.50. The molecule has 0 aromatic heterocycles. The van der Waals surface area contributed by atoms with Gasteiger partial charge in [-0.15, -0.1) is 11.6 Å². The van der Waals surface area contributed by atoms with E-state index in [1.54, 1.807) is 0 Å². The molecule has 0 aromatic rings. The summed E-state index contributed by atoms with van der Waals surface area (Å²) in [7, 11) is 0. The first-order valence-electron chi connectivity index (χ1n) is 1.27. The monoisotopic (exact) mass is 101 g/mol. The number of rotatable bonds is 1. The first kappa shape index (κ1) is 9.56. The second-order valence-corrected chi connectivity index (χ2v) is 0.921. The van der Waals surface area contributed by atoms with E-state index < -0.39 is 0 Å². The summed E-state index contributed by atoms with van der Waals surface area (Å²) < 4.78 is 0. The predicted molar refractivity (Wildman–Crippen MR) is 27.8 cm³/mol. The van der Waals surface area contributed by atoms with E-state index in [0.717, 1.165) is 6.42 Å². The van der Waals surface area contributed by atoms with Gasteiger partial charge in [-0.3, -0.25) is 0 Å². The summed E-state index contributed by atoms with van der Waals surface area (Å²) in [4.78, 5) is 0. The topological polar surface area (TPSA) is 0 Å². The number of hydrogen-bond donors (Lipinski definition) is 0. The Bertz CT molecular complexity index is 8.85. The zero-order chi connectivity index (χ0) is 3.41. The zero-order valence-corrected chi connectivity index (χ0v) is 3.26. The molecule has 0 fully saturated rings. The molecule has 0 spiro atoms. The average Bonchev–Trinajstić information content (AvgIpc) is 1.37. The van der Waals surface area contributed by atoms with Crippen LogP contribution in [0, 0.1) is 6.92 Å². The average molecular weight is 102 g/mol. The van der Waals surface area contributed by atoms with Crippen LogP contribution in [0.5, 0.6) is 0 Å². The van der Waals surface area contributed by atoms with Gasteiger partial charge in [-0.2, -0.15) is 0 Å². The van der Waals surface area contributed by atoms with Crippen molar-refractivity contribution in [3.63, 3.8) is 0 Å². The van der Waals surface area contributed by atoms with Crippen molar-refractivity contribution in [1.82, 2.24) is 0 Å². The molecule has 2 heteroatoms. The van der Waals surface area contributed by atoms with Crippen LogP contribution >= 0.6 is 11.6 Å². The molecule has 0 bridgehead atoms. The van der Waals surface area contributed by atoms with Crippen LogP contribution in [0.3, 0.4) is 0 Å². The molecule has 0 aliphatic carbocycles. The Morgan fingerprint density at radius 3 is 1.80 bits per heavy atom. The van der Waals surface area contributed by atoms with Gasteiger partial charge in [0.1, 0.15) is 0 Å². The fourth-order valence-corrected chi connectivity index (χ4v) is 0. The van der Waals surface area contributed by atoms with Gasteiger partial charge < -0.3 is 0 Å². The van der Waals surface area contributed by atoms with Crippen molar-refractivity contribution in [3.05, 3.63) is 6.92 Å². The van der Waals surface area contributed by atoms with Crippen molar-refractivity contribution < 1.29 is 0 Å². The minimum absolute atomic E-state index is 0. The molecule has 0 amide bonds. The van der Waals surface area contributed by atoms with Crippen LogP contribution in [0.1, 0.15) is 6.42 Å². The van der Waals surface area contributed by atoms with Crippen LogP contribution in [-0.2, 0) is 0 Å². The van der Waals surface area contributed by atoms with Crippen LogP contribution in [0.15, 0.2) is 0 Å². The predicted octanol–water partition coefficient (Wildman–Crippen LogP) is 0.801. The number of hydrogen-bond acceptors (Lipinski definition) is 0. The standard InChI is InChI=1S/C3H6Cl.Na.H/c1-2-3-4;;/h1-3H2;;. The van der Waals surface area contributed by atoms with Crippen LogP contribution in [0.2, 0.25) is 0 Å². The summed E-state index contributed by atoms with van der Waals surface area (Å²) in [6, 6.07) is 0. The van der Waals surface area contributed by atoms with Gasteiger partial charge in [0.25, 0.3) is 0 Å². The summed E-state index contributed by atoms with van der Waals surface area (Å²) in [6.45, 7) is 3.47. The van der Waals surface area contributed by atoms with Crippen molar-refractivity contribution in [3.8, 4) is 0 Å². The van der Waals surface area contributed by atoms with E-state index in [4.69, 9.17) is 11.6 Å². The number of alkyl halides is 1. The summed E-state index contributed by atoms with van der Waals surface area (Å²) >= 11 is 5.12. The second-order valence-electron chi connectivity index (χ2n) is 0.543. The van der Waals surface area contributed by atoms with E-state index in [-0.39, 0.29) is 29.6 Å². The van der Waals surface area contributed by atoms with Gasteiger partial charge in [0, 0.05) is 5.88 Å². The fraction of sp³-hybridized carbons (Fsp3) is 0.667. The summed E-state index contributed by atoms with van der Waals surface area (Å²) in [5.74, 6) is 0.681. The molecule has 0 rings (SSSR count). The van der Waals surface area contributed by atoms with E-state index in [1.165, 1.54) is 0 Å². The van der Waals surface area contributed by atoms with Crippen LogP contribution < -0.4 is 0 Å². The van der Waals surface area contributed by atoms with E-state index >= 15 is 0 Å². The third-order valence-electron chi connectivity index (χ3n) is 0.134. The van der Waals surface area contributed by atoms with Crippen molar-refractivity contribution in [2.24, 2.45) is 0 Å². The van der Waals surface area contributed by atoms with Crippen LogP contribution in [-0.4, -0.2) is 35.4 Å².